The van der Waals surface area contributed by atoms with Gasteiger partial charge in [-0.1, -0.05) is 6.92 Å². The van der Waals surface area contributed by atoms with Gasteiger partial charge in [-0.15, -0.1) is 11.8 Å². The van der Waals surface area contributed by atoms with Gasteiger partial charge in [-0.3, -0.25) is 9.09 Å². The quantitative estimate of drug-likeness (QED) is 0.288. The Morgan fingerprint density at radius 1 is 1.36 bits per heavy atom. The van der Waals surface area contributed by atoms with E-state index in [4.69, 9.17) is 14.9 Å². The Morgan fingerprint density at radius 2 is 2.07 bits per heavy atom. The second-order valence-corrected chi connectivity index (χ2v) is 5.79. The molecule has 5 nitrogen and oxygen atoms in total. The molecule has 1 unspecified atom stereocenters. The van der Waals surface area contributed by atoms with Crippen LogP contribution in [0.2, 0.25) is 0 Å². The second kappa shape index (κ2) is 8.71. The molecule has 0 saturated carbocycles. The maximum Gasteiger partial charge on any atom is 0.331 e. The molecule has 0 aromatic rings. The lowest BCUT2D eigenvalue weighted by atomic mass is 10.9. The van der Waals surface area contributed by atoms with E-state index in [1.54, 1.807) is 13.8 Å². The van der Waals surface area contributed by atoms with Gasteiger partial charge in [0.25, 0.3) is 0 Å². The molecule has 0 aliphatic carbocycles. The van der Waals surface area contributed by atoms with Crippen molar-refractivity contribution in [2.75, 3.05) is 31.1 Å². The zero-order valence-corrected chi connectivity index (χ0v) is 10.3. The van der Waals surface area contributed by atoms with Gasteiger partial charge in [-0.2, -0.15) is 0 Å². The van der Waals surface area contributed by atoms with Crippen molar-refractivity contribution in [3.8, 4) is 0 Å². The summed E-state index contributed by atoms with van der Waals surface area (Å²) in [6, 6.07) is 0. The second-order valence-electron chi connectivity index (χ2n) is 2.37. The SMILES string of the molecule is CCOP(=O)(CC)OCSCCON. The Labute approximate surface area is 89.1 Å². The zero-order valence-electron chi connectivity index (χ0n) is 8.60. The van der Waals surface area contributed by atoms with Crippen LogP contribution in [0.5, 0.6) is 0 Å². The maximum atomic E-state index is 11.7. The molecule has 0 aromatic carbocycles. The molecule has 0 rings (SSSR count). The van der Waals surface area contributed by atoms with Crippen molar-refractivity contribution in [3.63, 3.8) is 0 Å². The van der Waals surface area contributed by atoms with Crippen molar-refractivity contribution in [2.24, 2.45) is 5.90 Å². The molecule has 7 heteroatoms. The number of thioether (sulfide) groups is 1. The van der Waals surface area contributed by atoms with Crippen molar-refractivity contribution in [1.82, 2.24) is 0 Å². The highest BCUT2D eigenvalue weighted by molar-refractivity contribution is 7.99. The smallest absolute Gasteiger partial charge is 0.309 e. The van der Waals surface area contributed by atoms with Gasteiger partial charge in [0.2, 0.25) is 0 Å². The van der Waals surface area contributed by atoms with E-state index in [2.05, 4.69) is 4.84 Å². The number of rotatable bonds is 9. The Morgan fingerprint density at radius 3 is 2.57 bits per heavy atom. The van der Waals surface area contributed by atoms with Crippen LogP contribution in [0.25, 0.3) is 0 Å². The van der Waals surface area contributed by atoms with Crippen LogP contribution in [0.4, 0.5) is 0 Å². The summed E-state index contributed by atoms with van der Waals surface area (Å²) in [7, 11) is -2.84. The van der Waals surface area contributed by atoms with Gasteiger partial charge in [0.05, 0.1) is 13.2 Å². The maximum absolute atomic E-state index is 11.7. The van der Waals surface area contributed by atoms with Gasteiger partial charge in [0.1, 0.15) is 5.94 Å². The zero-order chi connectivity index (χ0) is 10.9. The molecule has 2 N–H and O–H groups in total. The Hall–Kier alpha value is 0.420. The van der Waals surface area contributed by atoms with E-state index in [0.717, 1.165) is 0 Å². The molecule has 0 bridgehead atoms. The van der Waals surface area contributed by atoms with Gasteiger partial charge in [-0.05, 0) is 6.92 Å². The third-order valence-corrected chi connectivity index (χ3v) is 4.25. The summed E-state index contributed by atoms with van der Waals surface area (Å²) in [6.07, 6.45) is 0.398. The van der Waals surface area contributed by atoms with Gasteiger partial charge in [0, 0.05) is 11.9 Å². The van der Waals surface area contributed by atoms with Crippen LogP contribution >= 0.6 is 19.4 Å². The first-order valence-electron chi connectivity index (χ1n) is 4.46. The van der Waals surface area contributed by atoms with Crippen molar-refractivity contribution in [2.45, 2.75) is 13.8 Å². The monoisotopic (exact) mass is 243 g/mol. The first-order valence-corrected chi connectivity index (χ1v) is 7.34. The average Bonchev–Trinajstić information content (AvgIpc) is 2.18. The molecule has 0 aliphatic rings. The normalized spacial score (nSPS) is 15.4. The molecule has 0 heterocycles. The minimum absolute atomic E-state index is 0.342. The lowest BCUT2D eigenvalue weighted by molar-refractivity contribution is 0.154. The van der Waals surface area contributed by atoms with Crippen molar-refractivity contribution >= 4 is 19.4 Å². The Balaban J connectivity index is 3.57. The summed E-state index contributed by atoms with van der Waals surface area (Å²) in [5, 5.41) is 0. The lowest BCUT2D eigenvalue weighted by Gasteiger charge is -2.15. The topological polar surface area (TPSA) is 70.8 Å². The van der Waals surface area contributed by atoms with E-state index in [1.807, 2.05) is 0 Å². The third-order valence-electron chi connectivity index (χ3n) is 1.39. The van der Waals surface area contributed by atoms with Gasteiger partial charge < -0.3 is 9.36 Å². The van der Waals surface area contributed by atoms with Crippen LogP contribution in [0.3, 0.4) is 0 Å². The van der Waals surface area contributed by atoms with E-state index < -0.39 is 7.60 Å². The molecule has 0 radical (unpaired) electrons. The van der Waals surface area contributed by atoms with E-state index in [-0.39, 0.29) is 0 Å². The van der Waals surface area contributed by atoms with Crippen LogP contribution in [-0.2, 0) is 18.5 Å². The molecule has 0 amide bonds. The van der Waals surface area contributed by atoms with E-state index in [0.29, 0.717) is 31.1 Å². The highest BCUT2D eigenvalue weighted by Crippen LogP contribution is 2.48. The molecule has 0 spiro atoms. The summed E-state index contributed by atoms with van der Waals surface area (Å²) >= 11 is 1.47. The Kier molecular flexibility index (Phi) is 8.97. The summed E-state index contributed by atoms with van der Waals surface area (Å²) in [4.78, 5) is 4.37. The summed E-state index contributed by atoms with van der Waals surface area (Å²) < 4.78 is 21.9. The molecular weight excluding hydrogens is 225 g/mol. The van der Waals surface area contributed by atoms with E-state index in [1.165, 1.54) is 11.8 Å². The van der Waals surface area contributed by atoms with Crippen molar-refractivity contribution < 1.29 is 18.5 Å². The minimum Gasteiger partial charge on any atom is -0.309 e. The number of hydrogen-bond acceptors (Lipinski definition) is 6. The van der Waals surface area contributed by atoms with E-state index in [9.17, 15) is 4.57 Å². The molecule has 86 valence electrons. The summed E-state index contributed by atoms with van der Waals surface area (Å²) in [6.45, 7) is 4.44. The van der Waals surface area contributed by atoms with E-state index >= 15 is 0 Å². The number of nitrogens with two attached hydrogens (primary N) is 1. The van der Waals surface area contributed by atoms with Crippen LogP contribution in [-0.4, -0.2) is 31.1 Å². The van der Waals surface area contributed by atoms with Crippen molar-refractivity contribution in [3.05, 3.63) is 0 Å². The molecule has 0 aromatic heterocycles. The highest BCUT2D eigenvalue weighted by Gasteiger charge is 2.20. The predicted octanol–water partition coefficient (Wildman–Crippen LogP) is 1.83. The third kappa shape index (κ3) is 6.81. The summed E-state index contributed by atoms with van der Waals surface area (Å²) in [5.74, 6) is 5.89. The fraction of sp³-hybridized carbons (Fsp3) is 1.00. The number of hydrogen-bond donors (Lipinski definition) is 1. The molecule has 14 heavy (non-hydrogen) atoms. The van der Waals surface area contributed by atoms with Gasteiger partial charge >= 0.3 is 7.60 Å². The fourth-order valence-electron chi connectivity index (χ4n) is 0.700. The van der Waals surface area contributed by atoms with Gasteiger partial charge in [-0.25, -0.2) is 5.90 Å². The Bertz CT molecular complexity index is 181. The first-order chi connectivity index (χ1) is 6.68. The highest BCUT2D eigenvalue weighted by atomic mass is 32.2. The lowest BCUT2D eigenvalue weighted by Crippen LogP contribution is -2.04. The summed E-state index contributed by atoms with van der Waals surface area (Å²) in [5.41, 5.74) is 0. The fourth-order valence-corrected chi connectivity index (χ4v) is 2.81. The largest absolute Gasteiger partial charge is 0.331 e. The minimum atomic E-state index is -2.84. The predicted molar refractivity (Wildman–Crippen MR) is 58.3 cm³/mol. The van der Waals surface area contributed by atoms with Gasteiger partial charge in [0.15, 0.2) is 0 Å². The molecule has 0 aliphatic heterocycles. The first kappa shape index (κ1) is 14.4. The molecular formula is C7H18NO4PS. The molecule has 0 fully saturated rings. The molecule has 1 atom stereocenters. The average molecular weight is 243 g/mol. The standard InChI is InChI=1S/C7H18NO4PS/c1-3-11-13(9,4-2)12-7-14-6-5-10-8/h3-8H2,1-2H3. The van der Waals surface area contributed by atoms with Crippen LogP contribution < -0.4 is 5.90 Å². The van der Waals surface area contributed by atoms with Crippen LogP contribution in [0.1, 0.15) is 13.8 Å². The molecule has 0 saturated heterocycles. The van der Waals surface area contributed by atoms with Crippen molar-refractivity contribution in [1.29, 1.82) is 0 Å². The van der Waals surface area contributed by atoms with Crippen LogP contribution in [0.15, 0.2) is 0 Å². The van der Waals surface area contributed by atoms with Crippen LogP contribution in [0, 0.1) is 0 Å².